The number of hydrogen-bond donors (Lipinski definition) is 0. The highest BCUT2D eigenvalue weighted by Gasteiger charge is 2.15. The van der Waals surface area contributed by atoms with Gasteiger partial charge in [0.05, 0.1) is 5.69 Å². The predicted octanol–water partition coefficient (Wildman–Crippen LogP) is 8.24. The third-order valence-electron chi connectivity index (χ3n) is 6.80. The Morgan fingerprint density at radius 2 is 0.868 bits per heavy atom. The molecule has 7 aromatic rings. The van der Waals surface area contributed by atoms with Crippen LogP contribution in [0.1, 0.15) is 0 Å². The third-order valence-corrected chi connectivity index (χ3v) is 6.80. The van der Waals surface area contributed by atoms with Gasteiger partial charge >= 0.3 is 0 Å². The summed E-state index contributed by atoms with van der Waals surface area (Å²) < 4.78 is 0. The van der Waals surface area contributed by atoms with Crippen molar-refractivity contribution in [3.63, 3.8) is 0 Å². The zero-order valence-corrected chi connectivity index (χ0v) is 20.5. The van der Waals surface area contributed by atoms with Crippen LogP contribution in [0.25, 0.3) is 67.0 Å². The molecule has 7 rings (SSSR count). The maximum atomic E-state index is 5.03. The molecule has 0 N–H and O–H groups in total. The molecule has 0 aliphatic heterocycles. The van der Waals surface area contributed by atoms with Crippen molar-refractivity contribution in [1.82, 2.24) is 19.9 Å². The number of benzene rings is 5. The average molecular weight is 487 g/mol. The van der Waals surface area contributed by atoms with E-state index in [1.54, 1.807) is 0 Å². The van der Waals surface area contributed by atoms with E-state index in [1.165, 1.54) is 0 Å². The van der Waals surface area contributed by atoms with Crippen LogP contribution in [0.5, 0.6) is 0 Å². The summed E-state index contributed by atoms with van der Waals surface area (Å²) in [5, 5.41) is 4.53. The number of fused-ring (bicyclic) bond motifs is 2. The second-order valence-electron chi connectivity index (χ2n) is 9.15. The number of rotatable bonds is 4. The summed E-state index contributed by atoms with van der Waals surface area (Å²) in [5.74, 6) is 1.95. The first-order chi connectivity index (χ1) is 18.8. The highest BCUT2D eigenvalue weighted by molar-refractivity contribution is 5.97. The fraction of sp³-hybridized carbons (Fsp3) is 0. The molecule has 2 heterocycles. The minimum atomic E-state index is 0.637. The Kier molecular flexibility index (Phi) is 5.41. The van der Waals surface area contributed by atoms with E-state index in [2.05, 4.69) is 114 Å². The molecule has 38 heavy (non-hydrogen) atoms. The molecule has 0 aliphatic carbocycles. The first-order valence-corrected chi connectivity index (χ1v) is 12.6. The van der Waals surface area contributed by atoms with Crippen LogP contribution in [0.4, 0.5) is 0 Å². The maximum Gasteiger partial charge on any atom is 0.164 e. The molecule has 0 spiro atoms. The largest absolute Gasteiger partial charge is 0.256 e. The van der Waals surface area contributed by atoms with Gasteiger partial charge in [-0.3, -0.25) is 4.98 Å². The molecule has 0 bridgehead atoms. The number of pyridine rings is 1. The molecule has 0 fully saturated rings. The van der Waals surface area contributed by atoms with Gasteiger partial charge in [0.15, 0.2) is 17.5 Å². The number of hydrogen-bond acceptors (Lipinski definition) is 4. The summed E-state index contributed by atoms with van der Waals surface area (Å²) in [5.41, 5.74) is 4.88. The Morgan fingerprint density at radius 1 is 0.368 bits per heavy atom. The minimum absolute atomic E-state index is 0.637. The molecule has 0 atom stereocenters. The van der Waals surface area contributed by atoms with E-state index in [4.69, 9.17) is 15.0 Å². The van der Waals surface area contributed by atoms with E-state index in [-0.39, 0.29) is 0 Å². The first kappa shape index (κ1) is 22.0. The Morgan fingerprint density at radius 3 is 1.45 bits per heavy atom. The molecule has 4 nitrogen and oxygen atoms in total. The standard InChI is InChI=1S/C34H22N4/c1-3-13-27-23(9-1)11-7-15-29(27)33-36-32(26-20-18-25(19-21-26)31-17-5-6-22-35-31)37-34(38-33)30-16-8-12-24-10-2-4-14-28(24)30/h1-22H. The zero-order valence-electron chi connectivity index (χ0n) is 20.5. The second-order valence-corrected chi connectivity index (χ2v) is 9.15. The van der Waals surface area contributed by atoms with Crippen molar-refractivity contribution >= 4 is 21.5 Å². The quantitative estimate of drug-likeness (QED) is 0.251. The molecule has 0 saturated heterocycles. The topological polar surface area (TPSA) is 51.6 Å². The van der Waals surface area contributed by atoms with Crippen LogP contribution in [0.15, 0.2) is 134 Å². The first-order valence-electron chi connectivity index (χ1n) is 12.6. The molecule has 0 saturated carbocycles. The van der Waals surface area contributed by atoms with Gasteiger partial charge in [-0.15, -0.1) is 0 Å². The summed E-state index contributed by atoms with van der Waals surface area (Å²) in [6.07, 6.45) is 1.81. The van der Waals surface area contributed by atoms with Crippen molar-refractivity contribution in [3.8, 4) is 45.4 Å². The Balaban J connectivity index is 1.44. The lowest BCUT2D eigenvalue weighted by Gasteiger charge is -2.12. The van der Waals surface area contributed by atoms with Crippen LogP contribution in [0.2, 0.25) is 0 Å². The van der Waals surface area contributed by atoms with Crippen LogP contribution in [0, 0.1) is 0 Å². The van der Waals surface area contributed by atoms with Crippen molar-refractivity contribution in [2.75, 3.05) is 0 Å². The van der Waals surface area contributed by atoms with Gasteiger partial charge in [-0.1, -0.05) is 115 Å². The Bertz CT molecular complexity index is 1800. The molecule has 2 aromatic heterocycles. The molecule has 178 valence electrons. The molecular formula is C34H22N4. The molecule has 0 amide bonds. The Hall–Kier alpha value is -5.22. The molecule has 5 aromatic carbocycles. The van der Waals surface area contributed by atoms with Gasteiger partial charge in [0, 0.05) is 28.5 Å². The molecular weight excluding hydrogens is 464 g/mol. The van der Waals surface area contributed by atoms with Gasteiger partial charge in [-0.25, -0.2) is 15.0 Å². The van der Waals surface area contributed by atoms with Gasteiger partial charge in [0.2, 0.25) is 0 Å². The SMILES string of the molecule is c1ccc(-c2ccc(-c3nc(-c4cccc5ccccc45)nc(-c4cccc5ccccc45)n3)cc2)nc1. The lowest BCUT2D eigenvalue weighted by Crippen LogP contribution is -2.01. The lowest BCUT2D eigenvalue weighted by molar-refractivity contribution is 1.08. The molecule has 0 aliphatic rings. The van der Waals surface area contributed by atoms with Crippen molar-refractivity contribution in [2.24, 2.45) is 0 Å². The van der Waals surface area contributed by atoms with Crippen LogP contribution in [0.3, 0.4) is 0 Å². The summed E-state index contributed by atoms with van der Waals surface area (Å²) in [4.78, 5) is 19.5. The lowest BCUT2D eigenvalue weighted by atomic mass is 10.0. The summed E-state index contributed by atoms with van der Waals surface area (Å²) in [6, 6.07) is 43.3. The predicted molar refractivity (Wildman–Crippen MR) is 154 cm³/mol. The molecule has 0 unspecified atom stereocenters. The van der Waals surface area contributed by atoms with E-state index in [9.17, 15) is 0 Å². The molecule has 0 radical (unpaired) electrons. The number of nitrogens with zero attached hydrogens (tertiary/aromatic N) is 4. The monoisotopic (exact) mass is 486 g/mol. The minimum Gasteiger partial charge on any atom is -0.256 e. The van der Waals surface area contributed by atoms with E-state index in [0.29, 0.717) is 17.5 Å². The summed E-state index contributed by atoms with van der Waals surface area (Å²) in [7, 11) is 0. The number of aromatic nitrogens is 4. The van der Waals surface area contributed by atoms with Crippen molar-refractivity contribution in [2.45, 2.75) is 0 Å². The highest BCUT2D eigenvalue weighted by atomic mass is 15.0. The maximum absolute atomic E-state index is 5.03. The van der Waals surface area contributed by atoms with Gasteiger partial charge < -0.3 is 0 Å². The van der Waals surface area contributed by atoms with Gasteiger partial charge in [0.25, 0.3) is 0 Å². The van der Waals surface area contributed by atoms with Gasteiger partial charge in [-0.2, -0.15) is 0 Å². The fourth-order valence-corrected chi connectivity index (χ4v) is 4.91. The van der Waals surface area contributed by atoms with Crippen LogP contribution < -0.4 is 0 Å². The average Bonchev–Trinajstić information content (AvgIpc) is 3.01. The smallest absolute Gasteiger partial charge is 0.164 e. The second kappa shape index (κ2) is 9.34. The fourth-order valence-electron chi connectivity index (χ4n) is 4.91. The van der Waals surface area contributed by atoms with Crippen LogP contribution in [-0.2, 0) is 0 Å². The van der Waals surface area contributed by atoms with Gasteiger partial charge in [-0.05, 0) is 33.7 Å². The zero-order chi connectivity index (χ0) is 25.3. The Labute approximate surface area is 220 Å². The third kappa shape index (κ3) is 3.98. The van der Waals surface area contributed by atoms with Crippen molar-refractivity contribution < 1.29 is 0 Å². The van der Waals surface area contributed by atoms with E-state index >= 15 is 0 Å². The van der Waals surface area contributed by atoms with E-state index < -0.39 is 0 Å². The van der Waals surface area contributed by atoms with Crippen molar-refractivity contribution in [3.05, 3.63) is 134 Å². The molecule has 4 heteroatoms. The summed E-state index contributed by atoms with van der Waals surface area (Å²) in [6.45, 7) is 0. The van der Waals surface area contributed by atoms with Crippen LogP contribution >= 0.6 is 0 Å². The van der Waals surface area contributed by atoms with Crippen molar-refractivity contribution in [1.29, 1.82) is 0 Å². The van der Waals surface area contributed by atoms with E-state index in [0.717, 1.165) is 49.5 Å². The van der Waals surface area contributed by atoms with E-state index in [1.807, 2.05) is 24.4 Å². The highest BCUT2D eigenvalue weighted by Crippen LogP contribution is 2.32. The normalized spacial score (nSPS) is 11.2. The van der Waals surface area contributed by atoms with Gasteiger partial charge in [0.1, 0.15) is 0 Å². The van der Waals surface area contributed by atoms with Crippen LogP contribution in [-0.4, -0.2) is 19.9 Å². The summed E-state index contributed by atoms with van der Waals surface area (Å²) >= 11 is 0.